The van der Waals surface area contributed by atoms with Crippen LogP contribution in [0.2, 0.25) is 0 Å². The number of benzene rings is 1. The largest absolute Gasteiger partial charge is 0.360 e. The second-order valence-electron chi connectivity index (χ2n) is 8.93. The summed E-state index contributed by atoms with van der Waals surface area (Å²) in [5, 5.41) is 17.0. The SMILES string of the molecule is Cc1onc(-c2ccccc2)c1-c1csc(C2CCN(C(=O)c3cccnc3SCCCC#N)CC2)n1. The monoisotopic (exact) mass is 529 g/mol. The van der Waals surface area contributed by atoms with Gasteiger partial charge in [0.05, 0.1) is 27.9 Å². The molecule has 1 saturated heterocycles. The molecule has 5 rings (SSSR count). The summed E-state index contributed by atoms with van der Waals surface area (Å²) in [7, 11) is 0. The van der Waals surface area contributed by atoms with Crippen molar-refractivity contribution in [2.45, 2.75) is 43.6 Å². The van der Waals surface area contributed by atoms with Crippen molar-refractivity contribution < 1.29 is 9.32 Å². The number of aryl methyl sites for hydroxylation is 1. The molecule has 4 heterocycles. The Morgan fingerprint density at radius 2 is 2.03 bits per heavy atom. The fourth-order valence-corrected chi connectivity index (χ4v) is 6.46. The molecule has 3 aromatic heterocycles. The van der Waals surface area contributed by atoms with Gasteiger partial charge in [-0.3, -0.25) is 4.79 Å². The molecule has 188 valence electrons. The van der Waals surface area contributed by atoms with Crippen LogP contribution in [0.3, 0.4) is 0 Å². The maximum absolute atomic E-state index is 13.3. The molecule has 0 spiro atoms. The molecule has 0 saturated carbocycles. The summed E-state index contributed by atoms with van der Waals surface area (Å²) in [5.41, 5.74) is 4.31. The van der Waals surface area contributed by atoms with E-state index in [1.165, 1.54) is 0 Å². The second-order valence-corrected chi connectivity index (χ2v) is 10.9. The Kier molecular flexibility index (Phi) is 7.97. The molecular weight excluding hydrogens is 502 g/mol. The molecule has 0 bridgehead atoms. The number of thiazole rings is 1. The summed E-state index contributed by atoms with van der Waals surface area (Å²) in [6.45, 7) is 3.30. The predicted octanol–water partition coefficient (Wildman–Crippen LogP) is 6.58. The molecule has 1 aromatic carbocycles. The molecule has 1 aliphatic rings. The minimum atomic E-state index is 0.0294. The summed E-state index contributed by atoms with van der Waals surface area (Å²) in [5.74, 6) is 1.88. The van der Waals surface area contributed by atoms with Gasteiger partial charge in [-0.25, -0.2) is 9.97 Å². The van der Waals surface area contributed by atoms with Crippen LogP contribution in [0, 0.1) is 18.3 Å². The summed E-state index contributed by atoms with van der Waals surface area (Å²) in [6, 6.07) is 15.9. The quantitative estimate of drug-likeness (QED) is 0.188. The highest BCUT2D eigenvalue weighted by atomic mass is 32.2. The van der Waals surface area contributed by atoms with Crippen LogP contribution in [-0.4, -0.2) is 44.8 Å². The van der Waals surface area contributed by atoms with E-state index in [9.17, 15) is 4.79 Å². The third-order valence-corrected chi connectivity index (χ3v) is 8.59. The zero-order valence-electron chi connectivity index (χ0n) is 20.6. The van der Waals surface area contributed by atoms with Crippen LogP contribution in [0.4, 0.5) is 0 Å². The van der Waals surface area contributed by atoms with Gasteiger partial charge in [0, 0.05) is 48.3 Å². The van der Waals surface area contributed by atoms with E-state index in [1.807, 2.05) is 54.3 Å². The molecule has 1 fully saturated rings. The van der Waals surface area contributed by atoms with E-state index in [1.54, 1.807) is 29.3 Å². The number of carbonyl (C=O) groups excluding carboxylic acids is 1. The molecule has 0 unspecified atom stereocenters. The molecule has 9 heteroatoms. The minimum absolute atomic E-state index is 0.0294. The third-order valence-electron chi connectivity index (χ3n) is 6.49. The Morgan fingerprint density at radius 3 is 2.81 bits per heavy atom. The van der Waals surface area contributed by atoms with Crippen molar-refractivity contribution in [1.29, 1.82) is 5.26 Å². The number of nitriles is 1. The highest BCUT2D eigenvalue weighted by molar-refractivity contribution is 7.99. The maximum atomic E-state index is 13.3. The van der Waals surface area contributed by atoms with E-state index >= 15 is 0 Å². The van der Waals surface area contributed by atoms with Gasteiger partial charge in [-0.15, -0.1) is 23.1 Å². The molecular formula is C28H27N5O2S2. The van der Waals surface area contributed by atoms with Gasteiger partial charge in [0.2, 0.25) is 0 Å². The van der Waals surface area contributed by atoms with Crippen LogP contribution in [-0.2, 0) is 0 Å². The minimum Gasteiger partial charge on any atom is -0.360 e. The number of rotatable bonds is 8. The molecule has 0 radical (unpaired) electrons. The first-order chi connectivity index (χ1) is 18.2. The Hall–Kier alpha value is -3.48. The van der Waals surface area contributed by atoms with Gasteiger partial charge in [-0.1, -0.05) is 35.5 Å². The van der Waals surface area contributed by atoms with Crippen LogP contribution in [0.1, 0.15) is 52.7 Å². The lowest BCUT2D eigenvalue weighted by atomic mass is 9.97. The Bertz CT molecular complexity index is 1400. The fourth-order valence-electron chi connectivity index (χ4n) is 4.55. The van der Waals surface area contributed by atoms with Gasteiger partial charge in [0.25, 0.3) is 5.91 Å². The summed E-state index contributed by atoms with van der Waals surface area (Å²) in [6.07, 6.45) is 4.76. The molecule has 0 aliphatic carbocycles. The molecule has 0 atom stereocenters. The molecule has 0 N–H and O–H groups in total. The predicted molar refractivity (Wildman–Crippen MR) is 145 cm³/mol. The van der Waals surface area contributed by atoms with Crippen molar-refractivity contribution in [2.24, 2.45) is 0 Å². The lowest BCUT2D eigenvalue weighted by molar-refractivity contribution is 0.0708. The van der Waals surface area contributed by atoms with Gasteiger partial charge in [0.1, 0.15) is 16.5 Å². The number of hydrogen-bond acceptors (Lipinski definition) is 8. The van der Waals surface area contributed by atoms with E-state index in [2.05, 4.69) is 21.6 Å². The highest BCUT2D eigenvalue weighted by Crippen LogP contribution is 2.38. The number of likely N-dealkylation sites (tertiary alicyclic amines) is 1. The number of thioether (sulfide) groups is 1. The number of hydrogen-bond donors (Lipinski definition) is 0. The first-order valence-electron chi connectivity index (χ1n) is 12.4. The van der Waals surface area contributed by atoms with Crippen molar-refractivity contribution in [3.63, 3.8) is 0 Å². The number of amides is 1. The maximum Gasteiger partial charge on any atom is 0.256 e. The number of unbranched alkanes of at least 4 members (excludes halogenated alkanes) is 1. The Labute approximate surface area is 224 Å². The van der Waals surface area contributed by atoms with Gasteiger partial charge in [0.15, 0.2) is 0 Å². The Morgan fingerprint density at radius 1 is 1.22 bits per heavy atom. The summed E-state index contributed by atoms with van der Waals surface area (Å²) < 4.78 is 5.54. The lowest BCUT2D eigenvalue weighted by Gasteiger charge is -2.31. The molecule has 1 aliphatic heterocycles. The van der Waals surface area contributed by atoms with Crippen molar-refractivity contribution in [3.8, 4) is 28.6 Å². The second kappa shape index (κ2) is 11.7. The number of aromatic nitrogens is 3. The number of pyridine rings is 1. The summed E-state index contributed by atoms with van der Waals surface area (Å²) in [4.78, 5) is 24.7. The molecule has 1 amide bonds. The molecule has 37 heavy (non-hydrogen) atoms. The number of nitrogens with zero attached hydrogens (tertiary/aromatic N) is 5. The van der Waals surface area contributed by atoms with E-state index in [-0.39, 0.29) is 5.91 Å². The fraction of sp³-hybridized carbons (Fsp3) is 0.321. The van der Waals surface area contributed by atoms with Crippen molar-refractivity contribution in [1.82, 2.24) is 20.0 Å². The number of carbonyl (C=O) groups is 1. The first kappa shape index (κ1) is 25.2. The van der Waals surface area contributed by atoms with Gasteiger partial charge in [-0.2, -0.15) is 5.26 Å². The van der Waals surface area contributed by atoms with E-state index in [0.717, 1.165) is 63.3 Å². The number of piperidine rings is 1. The first-order valence-corrected chi connectivity index (χ1v) is 14.2. The average Bonchev–Trinajstić information content (AvgIpc) is 3.58. The average molecular weight is 530 g/mol. The van der Waals surface area contributed by atoms with E-state index in [0.29, 0.717) is 31.0 Å². The van der Waals surface area contributed by atoms with Crippen LogP contribution < -0.4 is 0 Å². The van der Waals surface area contributed by atoms with Crippen molar-refractivity contribution in [2.75, 3.05) is 18.8 Å². The zero-order valence-corrected chi connectivity index (χ0v) is 22.2. The van der Waals surface area contributed by atoms with Crippen LogP contribution >= 0.6 is 23.1 Å². The van der Waals surface area contributed by atoms with E-state index < -0.39 is 0 Å². The Balaban J connectivity index is 1.25. The van der Waals surface area contributed by atoms with Gasteiger partial charge in [-0.05, 0) is 38.3 Å². The van der Waals surface area contributed by atoms with Crippen LogP contribution in [0.15, 0.2) is 63.6 Å². The van der Waals surface area contributed by atoms with Crippen LogP contribution in [0.5, 0.6) is 0 Å². The van der Waals surface area contributed by atoms with E-state index in [4.69, 9.17) is 14.8 Å². The topological polar surface area (TPSA) is 95.9 Å². The molecule has 7 nitrogen and oxygen atoms in total. The standard InChI is InChI=1S/C28H27N5O2S2/c1-19-24(25(32-35-19)20-8-3-2-4-9-20)23-18-37-26(31-23)21-11-15-33(16-12-21)28(34)22-10-7-14-30-27(22)36-17-6-5-13-29/h2-4,7-10,14,18,21H,5-6,11-12,15-17H2,1H3. The third kappa shape index (κ3) is 5.60. The zero-order chi connectivity index (χ0) is 25.6. The van der Waals surface area contributed by atoms with Crippen molar-refractivity contribution >= 4 is 29.0 Å². The van der Waals surface area contributed by atoms with Crippen molar-refractivity contribution in [3.05, 3.63) is 70.4 Å². The smallest absolute Gasteiger partial charge is 0.256 e. The normalized spacial score (nSPS) is 14.0. The lowest BCUT2D eigenvalue weighted by Crippen LogP contribution is -2.38. The van der Waals surface area contributed by atoms with Gasteiger partial charge >= 0.3 is 0 Å². The highest BCUT2D eigenvalue weighted by Gasteiger charge is 2.28. The van der Waals surface area contributed by atoms with Gasteiger partial charge < -0.3 is 9.42 Å². The van der Waals surface area contributed by atoms with Crippen LogP contribution in [0.25, 0.3) is 22.5 Å². The summed E-state index contributed by atoms with van der Waals surface area (Å²) >= 11 is 3.22. The molecule has 4 aromatic rings.